The zero-order valence-electron chi connectivity index (χ0n) is 78.8. The number of hydrogen-bond acceptors (Lipinski definition) is 12. The lowest BCUT2D eigenvalue weighted by Crippen LogP contribution is -2.28. The lowest BCUT2D eigenvalue weighted by Gasteiger charge is -2.34. The highest BCUT2D eigenvalue weighted by atomic mass is 79.9. The zero-order chi connectivity index (χ0) is 104. The van der Waals surface area contributed by atoms with Crippen molar-refractivity contribution in [3.63, 3.8) is 0 Å². The largest absolute Gasteiger partial charge is 0.508 e. The zero-order valence-corrected chi connectivity index (χ0v) is 89.7. The third-order valence-electron chi connectivity index (χ3n) is 29.1. The van der Waals surface area contributed by atoms with Gasteiger partial charge in [0.05, 0.1) is 89.3 Å². The van der Waals surface area contributed by atoms with E-state index in [9.17, 15) is 51.1 Å². The minimum atomic E-state index is -0.866. The Hall–Kier alpha value is -14.3. The van der Waals surface area contributed by atoms with Gasteiger partial charge in [0.1, 0.15) is 34.5 Å². The summed E-state index contributed by atoms with van der Waals surface area (Å²) in [6.07, 6.45) is 0. The van der Waals surface area contributed by atoms with E-state index in [-0.39, 0.29) is 87.6 Å². The van der Waals surface area contributed by atoms with Crippen LogP contribution >= 0.6 is 133 Å². The van der Waals surface area contributed by atoms with E-state index in [0.29, 0.717) is 29.4 Å². The molecule has 5 aliphatic carbocycles. The molecule has 149 heavy (non-hydrogen) atoms. The molecule has 0 amide bonds. The molecule has 12 nitrogen and oxygen atoms in total. The van der Waals surface area contributed by atoms with Crippen molar-refractivity contribution in [2.45, 2.75) is 27.1 Å². The molecule has 0 saturated carbocycles. The van der Waals surface area contributed by atoms with E-state index in [4.69, 9.17) is 79.1 Å². The lowest BCUT2D eigenvalue weighted by molar-refractivity contribution is 0.371. The molecular formula is C127H84Br4Cl6O12. The predicted molar refractivity (Wildman–Crippen MR) is 609 cm³/mol. The Balaban J connectivity index is 0.000000109. The van der Waals surface area contributed by atoms with Crippen molar-refractivity contribution in [1.29, 1.82) is 0 Å². The van der Waals surface area contributed by atoms with Gasteiger partial charge in [-0.05, 0) is 352 Å². The SMILES string of the molecule is COc1cc(C2(c3ccc(O)c(OC)c3)c3ccccc3-c3ccccc32)ccc1O.Oc1c(Br)cc(C2(c3cc(Br)c(O)c(Br)c3)c3ccccc3-c3ccccc32)cc1Br.Oc1c(Cl)cc(C2(c3cc(Cl)c(O)c(Cl)c3)c3ccccc3-c3ccccc32)cc1Cl.Oc1ccc(C2(c3ccc(O)c(Cl)c3)c3ccccc3-c3ccccc32)cc1Cl.Oc1ccc(C2(c3ccc(O)cc3)c3ccccc3-c3ccccc32)cc1. The average molecular weight is 2330 g/mol. The molecule has 0 aliphatic heterocycles. The van der Waals surface area contributed by atoms with Crippen molar-refractivity contribution in [2.75, 3.05) is 14.2 Å². The maximum atomic E-state index is 10.4. The molecular weight excluding hydrogens is 2250 g/mol. The third kappa shape index (κ3) is 16.4. The Bertz CT molecular complexity index is 7960. The molecule has 0 bridgehead atoms. The first kappa shape index (κ1) is 101. The van der Waals surface area contributed by atoms with Crippen LogP contribution in [0.4, 0.5) is 0 Å². The van der Waals surface area contributed by atoms with Crippen molar-refractivity contribution in [1.82, 2.24) is 0 Å². The number of phenols is 10. The van der Waals surface area contributed by atoms with Gasteiger partial charge in [0.15, 0.2) is 34.5 Å². The average Bonchev–Trinajstić information content (AvgIpc) is 1.55. The van der Waals surface area contributed by atoms with Gasteiger partial charge in [-0.1, -0.05) is 361 Å². The fourth-order valence-corrected chi connectivity index (χ4v) is 26.7. The number of phenolic OH excluding ortho intramolecular Hbond substituents is 10. The summed E-state index contributed by atoms with van der Waals surface area (Å²) in [5, 5.41) is 103. The summed E-state index contributed by atoms with van der Waals surface area (Å²) in [6, 6.07) is 134. The van der Waals surface area contributed by atoms with E-state index in [1.807, 2.05) is 170 Å². The molecule has 10 N–H and O–H groups in total. The summed E-state index contributed by atoms with van der Waals surface area (Å²) in [5.41, 5.74) is 28.6. The molecule has 20 aromatic carbocycles. The summed E-state index contributed by atoms with van der Waals surface area (Å²) in [6.45, 7) is 0. The highest BCUT2D eigenvalue weighted by Crippen LogP contribution is 2.65. The summed E-state index contributed by atoms with van der Waals surface area (Å²) >= 11 is 52.2. The fraction of sp³-hybridized carbons (Fsp3) is 0.0551. The molecule has 0 radical (unpaired) electrons. The molecule has 0 spiro atoms. The van der Waals surface area contributed by atoms with E-state index < -0.39 is 27.1 Å². The highest BCUT2D eigenvalue weighted by Gasteiger charge is 2.53. The van der Waals surface area contributed by atoms with Gasteiger partial charge >= 0.3 is 0 Å². The van der Waals surface area contributed by atoms with Crippen LogP contribution < -0.4 is 9.47 Å². The van der Waals surface area contributed by atoms with E-state index >= 15 is 0 Å². The summed E-state index contributed by atoms with van der Waals surface area (Å²) in [5.74, 6) is 1.52. The molecule has 0 heterocycles. The highest BCUT2D eigenvalue weighted by molar-refractivity contribution is 9.11. The molecule has 20 aromatic rings. The first-order valence-electron chi connectivity index (χ1n) is 47.1. The van der Waals surface area contributed by atoms with Gasteiger partial charge < -0.3 is 60.5 Å². The summed E-state index contributed by atoms with van der Waals surface area (Å²) in [7, 11) is 3.09. The smallest absolute Gasteiger partial charge is 0.160 e. The first-order valence-corrected chi connectivity index (χ1v) is 52.5. The Kier molecular flexibility index (Phi) is 27.2. The molecule has 0 aromatic heterocycles. The first-order chi connectivity index (χ1) is 72.0. The van der Waals surface area contributed by atoms with Crippen LogP contribution in [0.5, 0.6) is 69.0 Å². The van der Waals surface area contributed by atoms with Crippen molar-refractivity contribution in [3.05, 3.63) is 572 Å². The number of methoxy groups -OCH3 is 2. The molecule has 22 heteroatoms. The van der Waals surface area contributed by atoms with Gasteiger partial charge in [-0.15, -0.1) is 0 Å². The third-order valence-corrected chi connectivity index (χ3v) is 33.3. The van der Waals surface area contributed by atoms with E-state index in [2.05, 4.69) is 221 Å². The number of rotatable bonds is 12. The second-order valence-corrected chi connectivity index (χ2v) is 42.4. The number of aromatic hydroxyl groups is 10. The molecule has 5 aliphatic rings. The van der Waals surface area contributed by atoms with Crippen molar-refractivity contribution in [3.8, 4) is 125 Å². The molecule has 0 fully saturated rings. The van der Waals surface area contributed by atoms with Crippen LogP contribution in [-0.4, -0.2) is 65.3 Å². The Morgan fingerprint density at radius 3 is 0.550 bits per heavy atom. The second-order valence-electron chi connectivity index (χ2n) is 36.6. The summed E-state index contributed by atoms with van der Waals surface area (Å²) < 4.78 is 13.3. The number of halogens is 10. The molecule has 0 unspecified atom stereocenters. The van der Waals surface area contributed by atoms with Crippen LogP contribution in [-0.2, 0) is 27.1 Å². The molecule has 0 saturated heterocycles. The van der Waals surface area contributed by atoms with Crippen molar-refractivity contribution < 1.29 is 60.5 Å². The Morgan fingerprint density at radius 1 is 0.174 bits per heavy atom. The van der Waals surface area contributed by atoms with E-state index in [1.54, 1.807) is 99.1 Å². The van der Waals surface area contributed by atoms with Crippen LogP contribution in [0.3, 0.4) is 0 Å². The van der Waals surface area contributed by atoms with Gasteiger partial charge in [-0.2, -0.15) is 0 Å². The number of hydrogen-bond donors (Lipinski definition) is 10. The predicted octanol–water partition coefficient (Wildman–Crippen LogP) is 34.3. The van der Waals surface area contributed by atoms with Gasteiger partial charge in [0.2, 0.25) is 0 Å². The maximum Gasteiger partial charge on any atom is 0.160 e. The van der Waals surface area contributed by atoms with Crippen molar-refractivity contribution >= 4 is 133 Å². The second kappa shape index (κ2) is 40.3. The van der Waals surface area contributed by atoms with Crippen LogP contribution in [0, 0.1) is 0 Å². The summed E-state index contributed by atoms with van der Waals surface area (Å²) in [4.78, 5) is 0. The molecule has 0 atom stereocenters. The van der Waals surface area contributed by atoms with Gasteiger partial charge in [0.25, 0.3) is 0 Å². The van der Waals surface area contributed by atoms with Gasteiger partial charge in [-0.25, -0.2) is 0 Å². The maximum absolute atomic E-state index is 10.4. The topological polar surface area (TPSA) is 221 Å². The minimum absolute atomic E-state index is 0.0360. The number of fused-ring (bicyclic) bond motifs is 15. The molecule has 734 valence electrons. The Labute approximate surface area is 923 Å². The standard InChI is InChI=1S/C27H22O4.C25H14Br4O2.C25H14Cl4O2.C25H16Cl2O2.C25H18O2/c1-30-25-15-17(11-13-23(25)28)27(18-12-14-24(29)26(16-18)31-2)21-9-5-3-7-19(21)20-8-4-6-10-22(20)27;2*26-19-9-13(10-20(27)23(19)30)25(14-11-21(28)24(31)22(29)12-14)17-7-3-1-5-15(17)16-6-2-4-8-18(16)25;26-21-13-15(9-11-23(21)28)25(16-10-12-24(29)22(27)14-16)19-7-3-1-5-17(19)18-6-2-4-8-20(18)25;26-19-13-9-17(10-14-19)25(18-11-15-20(27)16-12-18)23-7-3-1-5-21(23)22-6-2-4-8-24(22)25/h3-16,28-29H,1-2H3;2*1-12,30-31H;1-14,28-29H;1-16,26-27H. The fourth-order valence-electron chi connectivity index (χ4n) is 23.0. The normalized spacial score (nSPS) is 13.6. The van der Waals surface area contributed by atoms with E-state index in [0.717, 1.165) is 134 Å². The molecule has 25 rings (SSSR count). The van der Waals surface area contributed by atoms with Crippen molar-refractivity contribution in [2.24, 2.45) is 0 Å². The van der Waals surface area contributed by atoms with Crippen LogP contribution in [0.25, 0.3) is 55.6 Å². The Morgan fingerprint density at radius 2 is 0.342 bits per heavy atom. The number of ether oxygens (including phenoxy) is 2. The van der Waals surface area contributed by atoms with Gasteiger partial charge in [-0.3, -0.25) is 0 Å². The lowest BCUT2D eigenvalue weighted by atomic mass is 9.67. The van der Waals surface area contributed by atoms with E-state index in [1.165, 1.54) is 33.4 Å². The van der Waals surface area contributed by atoms with Crippen LogP contribution in [0.15, 0.2) is 430 Å². The quantitative estimate of drug-likeness (QED) is 0.0552. The van der Waals surface area contributed by atoms with Crippen LogP contribution in [0.1, 0.15) is 111 Å². The monoisotopic (exact) mass is 2330 g/mol. The number of benzene rings is 20. The van der Waals surface area contributed by atoms with Crippen LogP contribution in [0.2, 0.25) is 30.1 Å². The minimum Gasteiger partial charge on any atom is -0.508 e. The van der Waals surface area contributed by atoms with Gasteiger partial charge in [0, 0.05) is 0 Å².